The molecule has 1 aliphatic carbocycles. The number of pyridine rings is 1. The van der Waals surface area contributed by atoms with Crippen molar-refractivity contribution in [1.82, 2.24) is 9.88 Å². The molecule has 0 bridgehead atoms. The van der Waals surface area contributed by atoms with Crippen LogP contribution >= 0.6 is 0 Å². The van der Waals surface area contributed by atoms with Gasteiger partial charge in [-0.05, 0) is 18.9 Å². The highest BCUT2D eigenvalue weighted by molar-refractivity contribution is 5.97. The van der Waals surface area contributed by atoms with Gasteiger partial charge in [-0.2, -0.15) is 0 Å². The first-order valence-electron chi connectivity index (χ1n) is 11.6. The van der Waals surface area contributed by atoms with E-state index in [2.05, 4.69) is 5.32 Å². The Bertz CT molecular complexity index is 1080. The van der Waals surface area contributed by atoms with Gasteiger partial charge in [-0.1, -0.05) is 20.8 Å². The van der Waals surface area contributed by atoms with Gasteiger partial charge in [0, 0.05) is 44.8 Å². The van der Waals surface area contributed by atoms with Crippen LogP contribution in [0.15, 0.2) is 17.1 Å². The molecule has 1 aromatic carbocycles. The minimum atomic E-state index is -0.772. The number of hydrogen-bond acceptors (Lipinski definition) is 7. The van der Waals surface area contributed by atoms with E-state index in [9.17, 15) is 14.4 Å². The van der Waals surface area contributed by atoms with Crippen molar-refractivity contribution in [2.75, 3.05) is 45.3 Å². The van der Waals surface area contributed by atoms with Crippen molar-refractivity contribution < 1.29 is 23.5 Å². The van der Waals surface area contributed by atoms with E-state index in [0.29, 0.717) is 31.6 Å². The van der Waals surface area contributed by atoms with Gasteiger partial charge in [0.15, 0.2) is 11.6 Å². The number of benzene rings is 1. The molecule has 1 fully saturated rings. The van der Waals surface area contributed by atoms with Crippen LogP contribution < -0.4 is 26.1 Å². The second-order valence-electron chi connectivity index (χ2n) is 7.62. The maximum Gasteiger partial charge on any atom is 0.343 e. The van der Waals surface area contributed by atoms with E-state index in [1.807, 2.05) is 13.8 Å². The SMILES string of the molecule is CC.CCC(=O)NCCN(CCN)c1c(F)cc2c(=O)c(C(=O)OC)cn(C3CC3)c2c1OC. The molecule has 1 aromatic heterocycles. The number of methoxy groups -OCH3 is 2. The van der Waals surface area contributed by atoms with Crippen LogP contribution in [0, 0.1) is 5.82 Å². The lowest BCUT2D eigenvalue weighted by Gasteiger charge is -2.28. The molecule has 0 saturated heterocycles. The van der Waals surface area contributed by atoms with Crippen molar-refractivity contribution in [3.63, 3.8) is 0 Å². The predicted molar refractivity (Wildman–Crippen MR) is 130 cm³/mol. The summed E-state index contributed by atoms with van der Waals surface area (Å²) in [5.74, 6) is -1.37. The van der Waals surface area contributed by atoms with Crippen molar-refractivity contribution in [3.05, 3.63) is 33.9 Å². The zero-order valence-corrected chi connectivity index (χ0v) is 20.6. The summed E-state index contributed by atoms with van der Waals surface area (Å²) < 4.78 is 27.6. The molecule has 3 rings (SSSR count). The van der Waals surface area contributed by atoms with Gasteiger partial charge < -0.3 is 30.0 Å². The van der Waals surface area contributed by atoms with Crippen molar-refractivity contribution >= 4 is 28.5 Å². The number of anilines is 1. The van der Waals surface area contributed by atoms with Gasteiger partial charge in [0.25, 0.3) is 0 Å². The lowest BCUT2D eigenvalue weighted by Crippen LogP contribution is -2.38. The Morgan fingerprint density at radius 1 is 1.26 bits per heavy atom. The molecule has 0 unspecified atom stereocenters. The fraction of sp³-hybridized carbons (Fsp3) is 0.542. The molecular formula is C24H35FN4O5. The summed E-state index contributed by atoms with van der Waals surface area (Å²) in [6.45, 7) is 6.91. The van der Waals surface area contributed by atoms with Gasteiger partial charge in [0.2, 0.25) is 11.3 Å². The molecule has 9 nitrogen and oxygen atoms in total. The molecule has 0 spiro atoms. The Labute approximate surface area is 199 Å². The number of fused-ring (bicyclic) bond motifs is 1. The summed E-state index contributed by atoms with van der Waals surface area (Å²) in [6.07, 6.45) is 3.54. The Morgan fingerprint density at radius 2 is 1.94 bits per heavy atom. The lowest BCUT2D eigenvalue weighted by atomic mass is 10.1. The molecule has 1 saturated carbocycles. The lowest BCUT2D eigenvalue weighted by molar-refractivity contribution is -0.120. The highest BCUT2D eigenvalue weighted by Gasteiger charge is 2.31. The molecule has 0 radical (unpaired) electrons. The van der Waals surface area contributed by atoms with Crippen LogP contribution in [0.5, 0.6) is 5.75 Å². The number of carbonyl (C=O) groups is 2. The number of rotatable bonds is 10. The third-order valence-corrected chi connectivity index (χ3v) is 5.49. The number of amides is 1. The van der Waals surface area contributed by atoms with Crippen molar-refractivity contribution in [3.8, 4) is 5.75 Å². The van der Waals surface area contributed by atoms with Gasteiger partial charge >= 0.3 is 5.97 Å². The van der Waals surface area contributed by atoms with E-state index in [0.717, 1.165) is 18.9 Å². The maximum absolute atomic E-state index is 15.4. The predicted octanol–water partition coefficient (Wildman–Crippen LogP) is 2.59. The van der Waals surface area contributed by atoms with Crippen molar-refractivity contribution in [2.24, 2.45) is 5.73 Å². The molecule has 188 valence electrons. The molecule has 0 atom stereocenters. The smallest absolute Gasteiger partial charge is 0.343 e. The summed E-state index contributed by atoms with van der Waals surface area (Å²) in [7, 11) is 2.60. The summed E-state index contributed by atoms with van der Waals surface area (Å²) in [4.78, 5) is 38.5. The number of nitrogens with one attached hydrogen (secondary N) is 1. The number of nitrogens with two attached hydrogens (primary N) is 1. The highest BCUT2D eigenvalue weighted by Crippen LogP contribution is 2.43. The van der Waals surface area contributed by atoms with E-state index in [1.54, 1.807) is 16.4 Å². The molecular weight excluding hydrogens is 443 g/mol. The number of halogens is 1. The number of ether oxygens (including phenoxy) is 2. The maximum atomic E-state index is 15.4. The largest absolute Gasteiger partial charge is 0.492 e. The van der Waals surface area contributed by atoms with E-state index in [4.69, 9.17) is 15.2 Å². The van der Waals surface area contributed by atoms with E-state index in [-0.39, 0.29) is 40.9 Å². The zero-order valence-electron chi connectivity index (χ0n) is 20.6. The van der Waals surface area contributed by atoms with Gasteiger partial charge in [-0.15, -0.1) is 0 Å². The third-order valence-electron chi connectivity index (χ3n) is 5.49. The number of hydrogen-bond donors (Lipinski definition) is 2. The second-order valence-corrected chi connectivity index (χ2v) is 7.62. The minimum Gasteiger partial charge on any atom is -0.492 e. The van der Waals surface area contributed by atoms with E-state index in [1.165, 1.54) is 20.4 Å². The number of aromatic nitrogens is 1. The molecule has 34 heavy (non-hydrogen) atoms. The fourth-order valence-corrected chi connectivity index (χ4v) is 3.77. The monoisotopic (exact) mass is 478 g/mol. The minimum absolute atomic E-state index is 0.0462. The Morgan fingerprint density at radius 3 is 2.47 bits per heavy atom. The topological polar surface area (TPSA) is 116 Å². The quantitative estimate of drug-likeness (QED) is 0.504. The standard InChI is InChI=1S/C22H29FN4O5.C2H6/c1-4-17(28)25-8-10-26(9-7-24)19-16(23)11-14-18(21(19)31-2)27(13-5-6-13)12-15(20(14)29)22(30)32-3;1-2/h11-13H,4-10,24H2,1-3H3,(H,25,28);1-2H3. The Hall–Kier alpha value is -3.14. The molecule has 1 aliphatic rings. The van der Waals surface area contributed by atoms with Gasteiger partial charge in [-0.25, -0.2) is 9.18 Å². The summed E-state index contributed by atoms with van der Waals surface area (Å²) in [5, 5.41) is 2.82. The zero-order chi connectivity index (χ0) is 25.4. The van der Waals surface area contributed by atoms with Crippen LogP contribution in [-0.4, -0.2) is 56.8 Å². The van der Waals surface area contributed by atoms with Gasteiger partial charge in [-0.3, -0.25) is 9.59 Å². The third kappa shape index (κ3) is 5.67. The number of esters is 1. The van der Waals surface area contributed by atoms with Crippen LogP contribution in [0.3, 0.4) is 0 Å². The van der Waals surface area contributed by atoms with Crippen LogP contribution in [0.2, 0.25) is 0 Å². The fourth-order valence-electron chi connectivity index (χ4n) is 3.77. The molecule has 10 heteroatoms. The molecule has 2 aromatic rings. The van der Waals surface area contributed by atoms with Crippen LogP contribution in [0.1, 0.15) is 56.4 Å². The van der Waals surface area contributed by atoms with Crippen molar-refractivity contribution in [2.45, 2.75) is 46.1 Å². The van der Waals surface area contributed by atoms with Crippen LogP contribution in [0.4, 0.5) is 10.1 Å². The normalized spacial score (nSPS) is 12.6. The van der Waals surface area contributed by atoms with E-state index >= 15 is 4.39 Å². The van der Waals surface area contributed by atoms with Crippen LogP contribution in [-0.2, 0) is 9.53 Å². The van der Waals surface area contributed by atoms with Gasteiger partial charge in [0.1, 0.15) is 11.3 Å². The van der Waals surface area contributed by atoms with E-state index < -0.39 is 17.2 Å². The average Bonchev–Trinajstić information content (AvgIpc) is 3.69. The summed E-state index contributed by atoms with van der Waals surface area (Å²) in [5.41, 5.74) is 5.58. The Kier molecular flexibility index (Phi) is 9.85. The molecule has 1 heterocycles. The second kappa shape index (κ2) is 12.4. The first-order chi connectivity index (χ1) is 16.4. The van der Waals surface area contributed by atoms with Gasteiger partial charge in [0.05, 0.1) is 25.1 Å². The Balaban J connectivity index is 0.00000199. The summed E-state index contributed by atoms with van der Waals surface area (Å²) in [6, 6.07) is 1.20. The number of carbonyl (C=O) groups excluding carboxylic acids is 2. The molecule has 3 N–H and O–H groups in total. The molecule has 1 amide bonds. The van der Waals surface area contributed by atoms with Crippen LogP contribution in [0.25, 0.3) is 10.9 Å². The first-order valence-corrected chi connectivity index (χ1v) is 11.6. The molecule has 0 aliphatic heterocycles. The first kappa shape index (κ1) is 27.1. The average molecular weight is 479 g/mol. The van der Waals surface area contributed by atoms with Crippen molar-refractivity contribution in [1.29, 1.82) is 0 Å². The summed E-state index contributed by atoms with van der Waals surface area (Å²) >= 11 is 0. The number of nitrogens with zero attached hydrogens (tertiary/aromatic N) is 2. The highest BCUT2D eigenvalue weighted by atomic mass is 19.1.